The predicted octanol–water partition coefficient (Wildman–Crippen LogP) is 2.41. The van der Waals surface area contributed by atoms with Gasteiger partial charge in [-0.1, -0.05) is 12.1 Å². The SMILES string of the molecule is CCOC(=O)CCCOC1=C(C(=O)Nc2ncc(C)s2)NS(=O)(=O)c2ccccc21. The number of carbonyl (C=O) groups is 2. The molecule has 0 spiro atoms. The maximum atomic E-state index is 12.8. The van der Waals surface area contributed by atoms with Crippen LogP contribution in [-0.2, 0) is 29.1 Å². The van der Waals surface area contributed by atoms with E-state index in [1.54, 1.807) is 31.3 Å². The average Bonchev–Trinajstić information content (AvgIpc) is 3.11. The molecular weight excluding hydrogens is 430 g/mol. The van der Waals surface area contributed by atoms with Crippen molar-refractivity contribution in [2.45, 2.75) is 31.6 Å². The topological polar surface area (TPSA) is 124 Å². The summed E-state index contributed by atoms with van der Waals surface area (Å²) in [6, 6.07) is 6.23. The molecule has 1 aliphatic rings. The van der Waals surface area contributed by atoms with Crippen LogP contribution in [0.1, 0.15) is 30.2 Å². The van der Waals surface area contributed by atoms with Crippen LogP contribution in [0.3, 0.4) is 0 Å². The number of benzene rings is 1. The number of aryl methyl sites for hydroxylation is 1. The Morgan fingerprint density at radius 1 is 1.27 bits per heavy atom. The highest BCUT2D eigenvalue weighted by atomic mass is 32.2. The third-order valence-electron chi connectivity index (χ3n) is 4.03. The first-order valence-electron chi connectivity index (χ1n) is 9.20. The highest BCUT2D eigenvalue weighted by molar-refractivity contribution is 7.89. The number of hydrogen-bond donors (Lipinski definition) is 2. The van der Waals surface area contributed by atoms with Crippen LogP contribution in [0.5, 0.6) is 0 Å². The van der Waals surface area contributed by atoms with Crippen molar-refractivity contribution in [3.63, 3.8) is 0 Å². The summed E-state index contributed by atoms with van der Waals surface area (Å²) in [5.74, 6) is -0.949. The Morgan fingerprint density at radius 2 is 2.03 bits per heavy atom. The molecule has 0 saturated heterocycles. The van der Waals surface area contributed by atoms with Gasteiger partial charge in [-0.25, -0.2) is 13.4 Å². The lowest BCUT2D eigenvalue weighted by Crippen LogP contribution is -2.36. The quantitative estimate of drug-likeness (QED) is 0.467. The monoisotopic (exact) mass is 451 g/mol. The highest BCUT2D eigenvalue weighted by Crippen LogP contribution is 2.32. The average molecular weight is 452 g/mol. The Bertz CT molecular complexity index is 1090. The van der Waals surface area contributed by atoms with E-state index in [9.17, 15) is 18.0 Å². The van der Waals surface area contributed by atoms with Crippen LogP contribution in [0.25, 0.3) is 5.76 Å². The van der Waals surface area contributed by atoms with Gasteiger partial charge in [0.15, 0.2) is 16.6 Å². The molecule has 0 bridgehead atoms. The van der Waals surface area contributed by atoms with E-state index in [-0.39, 0.29) is 40.9 Å². The summed E-state index contributed by atoms with van der Waals surface area (Å²) >= 11 is 1.26. The molecule has 1 amide bonds. The molecular formula is C19H21N3O6S2. The lowest BCUT2D eigenvalue weighted by Gasteiger charge is -2.24. The predicted molar refractivity (Wildman–Crippen MR) is 111 cm³/mol. The minimum Gasteiger partial charge on any atom is -0.490 e. The zero-order valence-corrected chi connectivity index (χ0v) is 18.1. The molecule has 0 unspecified atom stereocenters. The minimum atomic E-state index is -3.95. The molecule has 0 aliphatic carbocycles. The van der Waals surface area contributed by atoms with E-state index in [0.717, 1.165) is 4.88 Å². The van der Waals surface area contributed by atoms with E-state index in [0.29, 0.717) is 18.2 Å². The van der Waals surface area contributed by atoms with Gasteiger partial charge in [-0.3, -0.25) is 19.6 Å². The number of amides is 1. The molecule has 9 nitrogen and oxygen atoms in total. The van der Waals surface area contributed by atoms with Gasteiger partial charge in [-0.05, 0) is 32.4 Å². The first kappa shape index (κ1) is 21.8. The maximum absolute atomic E-state index is 12.8. The van der Waals surface area contributed by atoms with Crippen LogP contribution in [-0.4, -0.2) is 38.5 Å². The van der Waals surface area contributed by atoms with Crippen LogP contribution in [0.4, 0.5) is 5.13 Å². The Labute approximate surface area is 178 Å². The highest BCUT2D eigenvalue weighted by Gasteiger charge is 2.34. The van der Waals surface area contributed by atoms with Gasteiger partial charge in [-0.2, -0.15) is 0 Å². The van der Waals surface area contributed by atoms with Crippen molar-refractivity contribution < 1.29 is 27.5 Å². The van der Waals surface area contributed by atoms with Crippen molar-refractivity contribution in [1.29, 1.82) is 0 Å². The van der Waals surface area contributed by atoms with E-state index in [2.05, 4.69) is 15.0 Å². The van der Waals surface area contributed by atoms with Crippen LogP contribution in [0.15, 0.2) is 41.1 Å². The normalized spacial score (nSPS) is 14.5. The molecule has 0 atom stereocenters. The molecule has 2 heterocycles. The Kier molecular flexibility index (Phi) is 6.73. The van der Waals surface area contributed by atoms with Gasteiger partial charge in [0.1, 0.15) is 0 Å². The third kappa shape index (κ3) is 4.97. The Balaban J connectivity index is 1.88. The zero-order valence-electron chi connectivity index (χ0n) is 16.4. The fraction of sp³-hybridized carbons (Fsp3) is 0.316. The van der Waals surface area contributed by atoms with Crippen molar-refractivity contribution in [3.05, 3.63) is 46.6 Å². The number of aromatic nitrogens is 1. The van der Waals surface area contributed by atoms with Crippen molar-refractivity contribution in [3.8, 4) is 0 Å². The molecule has 11 heteroatoms. The largest absolute Gasteiger partial charge is 0.490 e. The number of ether oxygens (including phenoxy) is 2. The van der Waals surface area contributed by atoms with E-state index < -0.39 is 15.9 Å². The van der Waals surface area contributed by atoms with Crippen molar-refractivity contribution in [2.24, 2.45) is 0 Å². The number of carbonyl (C=O) groups excluding carboxylic acids is 2. The van der Waals surface area contributed by atoms with Gasteiger partial charge in [0.05, 0.1) is 18.1 Å². The zero-order chi connectivity index (χ0) is 21.7. The van der Waals surface area contributed by atoms with Gasteiger partial charge >= 0.3 is 5.97 Å². The number of hydrogen-bond acceptors (Lipinski definition) is 8. The van der Waals surface area contributed by atoms with E-state index in [1.807, 2.05) is 6.92 Å². The van der Waals surface area contributed by atoms with Gasteiger partial charge < -0.3 is 9.47 Å². The number of nitrogens with zero attached hydrogens (tertiary/aromatic N) is 1. The maximum Gasteiger partial charge on any atom is 0.305 e. The lowest BCUT2D eigenvalue weighted by atomic mass is 10.1. The molecule has 1 aromatic heterocycles. The molecule has 160 valence electrons. The van der Waals surface area contributed by atoms with Crippen LogP contribution in [0, 0.1) is 6.92 Å². The van der Waals surface area contributed by atoms with Crippen LogP contribution < -0.4 is 10.0 Å². The molecule has 0 radical (unpaired) electrons. The van der Waals surface area contributed by atoms with Crippen molar-refractivity contribution in [1.82, 2.24) is 9.71 Å². The molecule has 2 aromatic rings. The van der Waals surface area contributed by atoms with Gasteiger partial charge in [-0.15, -0.1) is 11.3 Å². The molecule has 1 aliphatic heterocycles. The third-order valence-corrected chi connectivity index (χ3v) is 6.27. The lowest BCUT2D eigenvalue weighted by molar-refractivity contribution is -0.143. The number of fused-ring (bicyclic) bond motifs is 1. The van der Waals surface area contributed by atoms with Gasteiger partial charge in [0, 0.05) is 23.1 Å². The summed E-state index contributed by atoms with van der Waals surface area (Å²) in [6.45, 7) is 3.95. The van der Waals surface area contributed by atoms with E-state index >= 15 is 0 Å². The first-order valence-corrected chi connectivity index (χ1v) is 11.5. The summed E-state index contributed by atoms with van der Waals surface area (Å²) in [4.78, 5) is 29.3. The number of thiazole rings is 1. The van der Waals surface area contributed by atoms with Crippen LogP contribution in [0.2, 0.25) is 0 Å². The molecule has 2 N–H and O–H groups in total. The summed E-state index contributed by atoms with van der Waals surface area (Å²) < 4.78 is 38.2. The summed E-state index contributed by atoms with van der Waals surface area (Å²) in [7, 11) is -3.95. The fourth-order valence-electron chi connectivity index (χ4n) is 2.75. The second-order valence-corrected chi connectivity index (χ2v) is 9.18. The number of nitrogens with one attached hydrogen (secondary N) is 2. The molecule has 0 saturated carbocycles. The number of esters is 1. The number of rotatable bonds is 8. The summed E-state index contributed by atoms with van der Waals surface area (Å²) in [6.07, 6.45) is 2.09. The summed E-state index contributed by atoms with van der Waals surface area (Å²) in [5.41, 5.74) is 0.0329. The van der Waals surface area contributed by atoms with Crippen molar-refractivity contribution in [2.75, 3.05) is 18.5 Å². The second kappa shape index (κ2) is 9.26. The van der Waals surface area contributed by atoms with Gasteiger partial charge in [0.25, 0.3) is 15.9 Å². The molecule has 30 heavy (non-hydrogen) atoms. The number of anilines is 1. The second-order valence-electron chi connectivity index (χ2n) is 6.29. The van der Waals surface area contributed by atoms with E-state index in [1.165, 1.54) is 17.4 Å². The molecule has 3 rings (SSSR count). The Morgan fingerprint density at radius 3 is 2.73 bits per heavy atom. The number of sulfonamides is 1. The first-order chi connectivity index (χ1) is 14.3. The van der Waals surface area contributed by atoms with Crippen molar-refractivity contribution >= 4 is 44.1 Å². The van der Waals surface area contributed by atoms with E-state index in [4.69, 9.17) is 9.47 Å². The van der Waals surface area contributed by atoms with Gasteiger partial charge in [0.2, 0.25) is 0 Å². The Hall–Kier alpha value is -2.92. The standard InChI is InChI=1S/C19H21N3O6S2/c1-3-27-15(23)9-6-10-28-17-13-7-4-5-8-14(13)30(25,26)22-16(17)18(24)21-19-20-11-12(2)29-19/h4-5,7-8,11,22H,3,6,9-10H2,1-2H3,(H,20,21,24). The molecule has 1 aromatic carbocycles. The molecule has 0 fully saturated rings. The minimum absolute atomic E-state index is 0.00651. The fourth-order valence-corrected chi connectivity index (χ4v) is 4.69. The summed E-state index contributed by atoms with van der Waals surface area (Å²) in [5, 5.41) is 2.92. The van der Waals surface area contributed by atoms with Crippen LogP contribution >= 0.6 is 11.3 Å². The smallest absolute Gasteiger partial charge is 0.305 e.